The van der Waals surface area contributed by atoms with E-state index in [9.17, 15) is 14.4 Å². The third-order valence-corrected chi connectivity index (χ3v) is 6.66. The first-order chi connectivity index (χ1) is 17.4. The number of halogens is 1. The maximum Gasteiger partial charge on any atom is 0.334 e. The summed E-state index contributed by atoms with van der Waals surface area (Å²) in [4.78, 5) is 43.6. The van der Waals surface area contributed by atoms with Gasteiger partial charge in [-0.2, -0.15) is 5.01 Å². The molecule has 2 saturated heterocycles. The Morgan fingerprint density at radius 1 is 1.14 bits per heavy atom. The Kier molecular flexibility index (Phi) is 8.14. The van der Waals surface area contributed by atoms with Crippen molar-refractivity contribution in [1.29, 1.82) is 0 Å². The number of rotatable bonds is 7. The predicted molar refractivity (Wildman–Crippen MR) is 137 cm³/mol. The van der Waals surface area contributed by atoms with Gasteiger partial charge in [0.25, 0.3) is 0 Å². The number of urea groups is 1. The molecule has 8 nitrogen and oxygen atoms in total. The van der Waals surface area contributed by atoms with Gasteiger partial charge in [-0.05, 0) is 29.7 Å². The predicted octanol–water partition coefficient (Wildman–Crippen LogP) is 3.08. The summed E-state index contributed by atoms with van der Waals surface area (Å²) in [6.45, 7) is 2.81. The highest BCUT2D eigenvalue weighted by molar-refractivity contribution is 6.30. The van der Waals surface area contributed by atoms with E-state index in [4.69, 9.17) is 18.0 Å². The number of hydrogen-bond acceptors (Lipinski definition) is 4. The third kappa shape index (κ3) is 5.48. The van der Waals surface area contributed by atoms with Crippen LogP contribution in [-0.2, 0) is 22.7 Å². The summed E-state index contributed by atoms with van der Waals surface area (Å²) >= 11 is 6.17. The number of carbonyl (C=O) groups excluding carboxylic acids is 3. The first-order valence-corrected chi connectivity index (χ1v) is 12.4. The Morgan fingerprint density at radius 3 is 2.58 bits per heavy atom. The van der Waals surface area contributed by atoms with Crippen LogP contribution in [0, 0.1) is 12.3 Å². The fraction of sp³-hybridized carbons (Fsp3) is 0.370. The summed E-state index contributed by atoms with van der Waals surface area (Å²) in [5.74, 6) is 2.21. The van der Waals surface area contributed by atoms with Gasteiger partial charge in [-0.1, -0.05) is 73.3 Å². The summed E-state index contributed by atoms with van der Waals surface area (Å²) in [6, 6.07) is 15.9. The van der Waals surface area contributed by atoms with Gasteiger partial charge in [-0.25, -0.2) is 9.80 Å². The van der Waals surface area contributed by atoms with Gasteiger partial charge >= 0.3 is 6.03 Å². The summed E-state index contributed by atoms with van der Waals surface area (Å²) in [7, 11) is 0. The number of terminal acetylenes is 1. The zero-order valence-corrected chi connectivity index (χ0v) is 21.0. The zero-order valence-electron chi connectivity index (χ0n) is 20.3. The molecule has 0 unspecified atom stereocenters. The van der Waals surface area contributed by atoms with Gasteiger partial charge < -0.3 is 15.1 Å². The lowest BCUT2D eigenvalue weighted by molar-refractivity contribution is -0.189. The van der Waals surface area contributed by atoms with Crippen LogP contribution in [0.15, 0.2) is 54.6 Å². The van der Waals surface area contributed by atoms with E-state index in [0.29, 0.717) is 31.0 Å². The lowest BCUT2D eigenvalue weighted by atomic mass is 10.0. The average Bonchev–Trinajstić information content (AvgIpc) is 2.86. The number of hydrogen-bond donors (Lipinski definition) is 1. The van der Waals surface area contributed by atoms with Crippen molar-refractivity contribution in [2.45, 2.75) is 45.1 Å². The lowest BCUT2D eigenvalue weighted by Gasteiger charge is -2.55. The Morgan fingerprint density at radius 2 is 1.89 bits per heavy atom. The molecule has 2 atom stereocenters. The molecular formula is C27H30ClN5O3. The monoisotopic (exact) mass is 507 g/mol. The molecular weight excluding hydrogens is 478 g/mol. The summed E-state index contributed by atoms with van der Waals surface area (Å²) in [5, 5.41) is 6.64. The minimum absolute atomic E-state index is 0.0682. The highest BCUT2D eigenvalue weighted by Crippen LogP contribution is 2.29. The molecule has 9 heteroatoms. The van der Waals surface area contributed by atoms with Gasteiger partial charge in [-0.15, -0.1) is 6.42 Å². The van der Waals surface area contributed by atoms with Gasteiger partial charge in [0.1, 0.15) is 12.2 Å². The number of amides is 4. The summed E-state index contributed by atoms with van der Waals surface area (Å²) in [6.07, 6.45) is 6.13. The fourth-order valence-electron chi connectivity index (χ4n) is 4.84. The van der Waals surface area contributed by atoms with Gasteiger partial charge in [-0.3, -0.25) is 9.59 Å². The average molecular weight is 508 g/mol. The molecule has 0 bridgehead atoms. The molecule has 36 heavy (non-hydrogen) atoms. The number of benzene rings is 2. The Balaban J connectivity index is 1.64. The van der Waals surface area contributed by atoms with Crippen molar-refractivity contribution in [1.82, 2.24) is 25.1 Å². The topological polar surface area (TPSA) is 76.2 Å². The molecule has 0 aliphatic carbocycles. The van der Waals surface area contributed by atoms with E-state index in [1.54, 1.807) is 20.9 Å². The molecule has 2 aromatic carbocycles. The summed E-state index contributed by atoms with van der Waals surface area (Å²) in [5.41, 5.74) is 1.83. The number of piperazine rings is 1. The van der Waals surface area contributed by atoms with Crippen LogP contribution in [0.25, 0.3) is 0 Å². The van der Waals surface area contributed by atoms with Crippen molar-refractivity contribution in [3.05, 3.63) is 70.7 Å². The van der Waals surface area contributed by atoms with Gasteiger partial charge in [0.05, 0.1) is 19.6 Å². The second-order valence-corrected chi connectivity index (χ2v) is 9.39. The maximum atomic E-state index is 13.5. The van der Waals surface area contributed by atoms with Crippen molar-refractivity contribution in [2.24, 2.45) is 0 Å². The number of carbonyl (C=O) groups is 3. The number of fused-ring (bicyclic) bond motifs is 1. The van der Waals surface area contributed by atoms with E-state index >= 15 is 0 Å². The quantitative estimate of drug-likeness (QED) is 0.584. The second kappa shape index (κ2) is 11.5. The Bertz CT molecular complexity index is 1150. The van der Waals surface area contributed by atoms with E-state index < -0.39 is 12.2 Å². The minimum atomic E-state index is -0.677. The molecule has 0 spiro atoms. The molecule has 188 valence electrons. The van der Waals surface area contributed by atoms with Crippen LogP contribution in [0.5, 0.6) is 0 Å². The molecule has 2 fully saturated rings. The Hall–Kier alpha value is -3.54. The SMILES string of the molecule is C#CCN1CC(=O)N2[C@@H](CCC)C(=O)N(Cc3cccc(Cl)c3)C[C@@H]2N1C(=O)NCc1ccccc1. The van der Waals surface area contributed by atoms with E-state index in [2.05, 4.69) is 11.2 Å². The first kappa shape index (κ1) is 25.5. The van der Waals surface area contributed by atoms with Gasteiger partial charge in [0.15, 0.2) is 0 Å². The normalized spacial score (nSPS) is 20.2. The van der Waals surface area contributed by atoms with Gasteiger partial charge in [0.2, 0.25) is 11.8 Å². The smallest absolute Gasteiger partial charge is 0.333 e. The van der Waals surface area contributed by atoms with E-state index in [1.165, 1.54) is 5.01 Å². The molecule has 1 N–H and O–H groups in total. The van der Waals surface area contributed by atoms with Crippen molar-refractivity contribution < 1.29 is 14.4 Å². The van der Waals surface area contributed by atoms with Gasteiger partial charge in [0, 0.05) is 18.1 Å². The largest absolute Gasteiger partial charge is 0.334 e. The third-order valence-electron chi connectivity index (χ3n) is 6.42. The van der Waals surface area contributed by atoms with Crippen LogP contribution in [0.1, 0.15) is 30.9 Å². The molecule has 2 heterocycles. The van der Waals surface area contributed by atoms with Crippen LogP contribution >= 0.6 is 11.6 Å². The second-order valence-electron chi connectivity index (χ2n) is 8.95. The number of nitrogens with zero attached hydrogens (tertiary/aromatic N) is 4. The highest BCUT2D eigenvalue weighted by atomic mass is 35.5. The van der Waals surface area contributed by atoms with Crippen LogP contribution in [0.2, 0.25) is 5.02 Å². The van der Waals surface area contributed by atoms with Crippen LogP contribution in [0.3, 0.4) is 0 Å². The highest BCUT2D eigenvalue weighted by Gasteiger charge is 2.50. The number of nitrogens with one attached hydrogen (secondary N) is 1. The zero-order chi connectivity index (χ0) is 25.7. The maximum absolute atomic E-state index is 13.5. The molecule has 0 aromatic heterocycles. The fourth-order valence-corrected chi connectivity index (χ4v) is 5.05. The van der Waals surface area contributed by atoms with Crippen LogP contribution < -0.4 is 5.32 Å². The molecule has 4 amide bonds. The molecule has 0 radical (unpaired) electrons. The van der Waals surface area contributed by atoms with Crippen molar-refractivity contribution >= 4 is 29.4 Å². The van der Waals surface area contributed by atoms with Crippen molar-refractivity contribution in [3.63, 3.8) is 0 Å². The molecule has 2 aliphatic rings. The first-order valence-electron chi connectivity index (χ1n) is 12.1. The van der Waals surface area contributed by atoms with E-state index in [-0.39, 0.29) is 37.5 Å². The van der Waals surface area contributed by atoms with E-state index in [0.717, 1.165) is 11.1 Å². The van der Waals surface area contributed by atoms with Crippen molar-refractivity contribution in [3.8, 4) is 12.3 Å². The van der Waals surface area contributed by atoms with E-state index in [1.807, 2.05) is 55.5 Å². The minimum Gasteiger partial charge on any atom is -0.333 e. The summed E-state index contributed by atoms with van der Waals surface area (Å²) < 4.78 is 0. The number of hydrazine groups is 1. The molecule has 0 saturated carbocycles. The van der Waals surface area contributed by atoms with Crippen LogP contribution in [0.4, 0.5) is 4.79 Å². The Labute approximate surface area is 216 Å². The molecule has 4 rings (SSSR count). The van der Waals surface area contributed by atoms with Crippen LogP contribution in [-0.4, -0.2) is 69.5 Å². The molecule has 2 aromatic rings. The van der Waals surface area contributed by atoms with Crippen molar-refractivity contribution in [2.75, 3.05) is 19.6 Å². The standard InChI is InChI=1S/C27H30ClN5O3/c1-3-9-23-26(35)30(17-21-12-8-13-22(28)15-21)18-24-32(23)25(34)19-31(14-4-2)33(24)27(36)29-16-20-10-6-5-7-11-20/h2,5-8,10-13,15,23-24H,3,9,14,16-19H2,1H3,(H,29,36)/t23-,24-/m0/s1. The molecule has 2 aliphatic heterocycles. The lowest BCUT2D eigenvalue weighted by Crippen LogP contribution is -2.76.